The molecule has 0 saturated heterocycles. The van der Waals surface area contributed by atoms with Crippen molar-refractivity contribution in [2.45, 2.75) is 26.2 Å². The maximum absolute atomic E-state index is 12.1. The van der Waals surface area contributed by atoms with E-state index in [4.69, 9.17) is 4.74 Å². The molecule has 2 N–H and O–H groups in total. The number of ether oxygens (including phenoxy) is 1. The van der Waals surface area contributed by atoms with E-state index < -0.39 is 0 Å². The van der Waals surface area contributed by atoms with Gasteiger partial charge in [0.25, 0.3) is 5.91 Å². The second-order valence-corrected chi connectivity index (χ2v) is 5.11. The highest BCUT2D eigenvalue weighted by Crippen LogP contribution is 2.20. The normalized spacial score (nSPS) is 10.2. The molecular weight excluding hydrogens is 292 g/mol. The number of methoxy groups -OCH3 is 1. The molecule has 1 aromatic carbocycles. The molecule has 0 spiro atoms. The van der Waals surface area contributed by atoms with Crippen LogP contribution in [0.1, 0.15) is 36.7 Å². The van der Waals surface area contributed by atoms with Gasteiger partial charge in [-0.05, 0) is 18.6 Å². The minimum Gasteiger partial charge on any atom is -0.497 e. The van der Waals surface area contributed by atoms with Crippen LogP contribution in [0, 0.1) is 0 Å². The number of nitrogens with one attached hydrogen (secondary N) is 2. The third kappa shape index (κ3) is 5.25. The molecule has 0 saturated carbocycles. The molecule has 1 amide bonds. The molecule has 1 heterocycles. The maximum Gasteiger partial charge on any atom is 0.270 e. The molecule has 0 fully saturated rings. The molecule has 6 nitrogen and oxygen atoms in total. The number of benzene rings is 1. The Hall–Kier alpha value is -2.63. The Morgan fingerprint density at radius 3 is 2.87 bits per heavy atom. The van der Waals surface area contributed by atoms with Crippen LogP contribution in [0.2, 0.25) is 0 Å². The molecule has 2 rings (SSSR count). The van der Waals surface area contributed by atoms with Crippen molar-refractivity contribution < 1.29 is 9.53 Å². The summed E-state index contributed by atoms with van der Waals surface area (Å²) in [6.07, 6.45) is 4.58. The predicted molar refractivity (Wildman–Crippen MR) is 90.2 cm³/mol. The first-order valence-corrected chi connectivity index (χ1v) is 7.74. The fraction of sp³-hybridized carbons (Fsp3) is 0.353. The second-order valence-electron chi connectivity index (χ2n) is 5.11. The van der Waals surface area contributed by atoms with E-state index in [-0.39, 0.29) is 5.91 Å². The van der Waals surface area contributed by atoms with Crippen molar-refractivity contribution in [3.8, 4) is 5.75 Å². The Morgan fingerprint density at radius 1 is 1.22 bits per heavy atom. The summed E-state index contributed by atoms with van der Waals surface area (Å²) in [5.74, 6) is 1.13. The molecule has 1 aromatic heterocycles. The Bertz CT molecular complexity index is 646. The van der Waals surface area contributed by atoms with E-state index in [0.29, 0.717) is 18.1 Å². The number of nitrogens with zero attached hydrogens (tertiary/aromatic N) is 2. The number of unbranched alkanes of at least 4 members (excludes halogenated alkanes) is 2. The maximum atomic E-state index is 12.1. The van der Waals surface area contributed by atoms with Gasteiger partial charge in [0.05, 0.1) is 7.11 Å². The van der Waals surface area contributed by atoms with Gasteiger partial charge in [-0.1, -0.05) is 25.8 Å². The molecule has 6 heteroatoms. The van der Waals surface area contributed by atoms with Crippen LogP contribution >= 0.6 is 0 Å². The smallest absolute Gasteiger partial charge is 0.270 e. The Balaban J connectivity index is 2.00. The average Bonchev–Trinajstić information content (AvgIpc) is 2.59. The summed E-state index contributed by atoms with van der Waals surface area (Å²) in [7, 11) is 1.62. The minimum atomic E-state index is -0.183. The molecule has 2 aromatic rings. The summed E-state index contributed by atoms with van der Waals surface area (Å²) in [6, 6.07) is 9.13. The van der Waals surface area contributed by atoms with Gasteiger partial charge >= 0.3 is 0 Å². The van der Waals surface area contributed by atoms with Crippen molar-refractivity contribution >= 4 is 17.4 Å². The number of rotatable bonds is 8. The second kappa shape index (κ2) is 8.73. The van der Waals surface area contributed by atoms with Crippen LogP contribution in [0.5, 0.6) is 5.75 Å². The Labute approximate surface area is 136 Å². The largest absolute Gasteiger partial charge is 0.497 e. The number of hydrogen-bond donors (Lipinski definition) is 2. The van der Waals surface area contributed by atoms with Crippen LogP contribution in [-0.2, 0) is 0 Å². The van der Waals surface area contributed by atoms with E-state index in [9.17, 15) is 4.79 Å². The molecule has 0 radical (unpaired) electrons. The topological polar surface area (TPSA) is 76.1 Å². The zero-order valence-corrected chi connectivity index (χ0v) is 13.5. The molecule has 0 unspecified atom stereocenters. The molecule has 0 aliphatic carbocycles. The van der Waals surface area contributed by atoms with Gasteiger partial charge in [-0.3, -0.25) is 4.79 Å². The highest BCUT2D eigenvalue weighted by atomic mass is 16.5. The summed E-state index contributed by atoms with van der Waals surface area (Å²) >= 11 is 0. The van der Waals surface area contributed by atoms with Gasteiger partial charge in [-0.2, -0.15) is 0 Å². The van der Waals surface area contributed by atoms with Crippen LogP contribution in [0.3, 0.4) is 0 Å². The quantitative estimate of drug-likeness (QED) is 0.732. The summed E-state index contributed by atoms with van der Waals surface area (Å²) in [5.41, 5.74) is 1.18. The zero-order valence-electron chi connectivity index (χ0n) is 13.5. The fourth-order valence-corrected chi connectivity index (χ4v) is 2.07. The summed E-state index contributed by atoms with van der Waals surface area (Å²) in [4.78, 5) is 20.2. The van der Waals surface area contributed by atoms with Crippen LogP contribution in [0.25, 0.3) is 0 Å². The van der Waals surface area contributed by atoms with Crippen molar-refractivity contribution in [2.75, 3.05) is 19.0 Å². The number of carbonyl (C=O) groups excluding carboxylic acids is 1. The molecule has 0 aliphatic rings. The van der Waals surface area contributed by atoms with Gasteiger partial charge < -0.3 is 15.4 Å². The summed E-state index contributed by atoms with van der Waals surface area (Å²) < 4.78 is 5.18. The summed E-state index contributed by atoms with van der Waals surface area (Å²) in [6.45, 7) is 2.79. The van der Waals surface area contributed by atoms with E-state index in [1.807, 2.05) is 24.3 Å². The number of carbonyl (C=O) groups is 1. The Kier molecular flexibility index (Phi) is 6.35. The third-order valence-electron chi connectivity index (χ3n) is 3.31. The number of aromatic nitrogens is 2. The number of amides is 1. The SMILES string of the molecule is CCCCCNC(=O)c1cc(Nc2cccc(OC)c2)ncn1. The van der Waals surface area contributed by atoms with Gasteiger partial charge in [0.1, 0.15) is 23.6 Å². The minimum absolute atomic E-state index is 0.183. The lowest BCUT2D eigenvalue weighted by Gasteiger charge is -2.08. The highest BCUT2D eigenvalue weighted by Gasteiger charge is 2.08. The first-order valence-electron chi connectivity index (χ1n) is 7.74. The molecular formula is C17H22N4O2. The number of hydrogen-bond acceptors (Lipinski definition) is 5. The van der Waals surface area contributed by atoms with Gasteiger partial charge in [0.15, 0.2) is 0 Å². The lowest BCUT2D eigenvalue weighted by molar-refractivity contribution is 0.0948. The van der Waals surface area contributed by atoms with Crippen molar-refractivity contribution in [2.24, 2.45) is 0 Å². The molecule has 0 atom stereocenters. The van der Waals surface area contributed by atoms with E-state index in [2.05, 4.69) is 27.5 Å². The zero-order chi connectivity index (χ0) is 16.5. The average molecular weight is 314 g/mol. The summed E-state index contributed by atoms with van der Waals surface area (Å²) in [5, 5.41) is 6.01. The van der Waals surface area contributed by atoms with E-state index in [1.165, 1.54) is 6.33 Å². The van der Waals surface area contributed by atoms with Gasteiger partial charge in [0.2, 0.25) is 0 Å². The monoisotopic (exact) mass is 314 g/mol. The number of anilines is 2. The lowest BCUT2D eigenvalue weighted by atomic mass is 10.2. The molecule has 122 valence electrons. The first kappa shape index (κ1) is 16.7. The molecule has 23 heavy (non-hydrogen) atoms. The predicted octanol–water partition coefficient (Wildman–Crippen LogP) is 3.15. The molecule has 0 aliphatic heterocycles. The van der Waals surface area contributed by atoms with Crippen molar-refractivity contribution in [3.63, 3.8) is 0 Å². The Morgan fingerprint density at radius 2 is 2.09 bits per heavy atom. The standard InChI is InChI=1S/C17H22N4O2/c1-3-4-5-9-18-17(22)15-11-16(20-12-19-15)21-13-7-6-8-14(10-13)23-2/h6-8,10-12H,3-5,9H2,1-2H3,(H,18,22)(H,19,20,21). The van der Waals surface area contributed by atoms with Crippen LogP contribution in [0.15, 0.2) is 36.7 Å². The first-order chi connectivity index (χ1) is 11.2. The van der Waals surface area contributed by atoms with Crippen molar-refractivity contribution in [3.05, 3.63) is 42.4 Å². The van der Waals surface area contributed by atoms with Crippen LogP contribution in [-0.4, -0.2) is 29.5 Å². The lowest BCUT2D eigenvalue weighted by Crippen LogP contribution is -2.25. The van der Waals surface area contributed by atoms with Gasteiger partial charge in [-0.25, -0.2) is 9.97 Å². The highest BCUT2D eigenvalue weighted by molar-refractivity contribution is 5.92. The van der Waals surface area contributed by atoms with E-state index in [1.54, 1.807) is 13.2 Å². The van der Waals surface area contributed by atoms with Crippen LogP contribution < -0.4 is 15.4 Å². The third-order valence-corrected chi connectivity index (χ3v) is 3.31. The van der Waals surface area contributed by atoms with E-state index >= 15 is 0 Å². The van der Waals surface area contributed by atoms with Crippen LogP contribution in [0.4, 0.5) is 11.5 Å². The van der Waals surface area contributed by atoms with Crippen molar-refractivity contribution in [1.29, 1.82) is 0 Å². The fourth-order valence-electron chi connectivity index (χ4n) is 2.07. The van der Waals surface area contributed by atoms with E-state index in [0.717, 1.165) is 30.7 Å². The van der Waals surface area contributed by atoms with Gasteiger partial charge in [0, 0.05) is 24.4 Å². The van der Waals surface area contributed by atoms with Gasteiger partial charge in [-0.15, -0.1) is 0 Å². The molecule has 0 bridgehead atoms. The van der Waals surface area contributed by atoms with Crippen molar-refractivity contribution in [1.82, 2.24) is 15.3 Å².